The molecule has 0 unspecified atom stereocenters. The number of hydrogen-bond donors (Lipinski definition) is 3. The van der Waals surface area contributed by atoms with E-state index in [-0.39, 0.29) is 5.91 Å². The van der Waals surface area contributed by atoms with Gasteiger partial charge in [-0.05, 0) is 47.0 Å². The average Bonchev–Trinajstić information content (AvgIpc) is 3.39. The van der Waals surface area contributed by atoms with Crippen LogP contribution in [-0.2, 0) is 6.54 Å². The lowest BCUT2D eigenvalue weighted by atomic mass is 10.0. The van der Waals surface area contributed by atoms with Crippen molar-refractivity contribution in [3.63, 3.8) is 0 Å². The fourth-order valence-corrected chi connectivity index (χ4v) is 3.34. The van der Waals surface area contributed by atoms with Crippen LogP contribution in [0.3, 0.4) is 0 Å². The SMILES string of the molecule is O=C(NCc1cccnc1)c1n[nH]c2cc(-c3ccnc4[nH]ccc34)ccc12. The van der Waals surface area contributed by atoms with E-state index in [2.05, 4.69) is 30.5 Å². The lowest BCUT2D eigenvalue weighted by molar-refractivity contribution is 0.0947. The normalized spacial score (nSPS) is 11.1. The number of pyridine rings is 2. The van der Waals surface area contributed by atoms with Crippen molar-refractivity contribution in [1.82, 2.24) is 30.5 Å². The highest BCUT2D eigenvalue weighted by molar-refractivity contribution is 6.06. The van der Waals surface area contributed by atoms with Crippen LogP contribution in [0.15, 0.2) is 67.3 Å². The molecule has 0 saturated heterocycles. The number of benzene rings is 1. The molecule has 5 rings (SSSR count). The maximum Gasteiger partial charge on any atom is 0.272 e. The molecule has 0 bridgehead atoms. The summed E-state index contributed by atoms with van der Waals surface area (Å²) in [7, 11) is 0. The summed E-state index contributed by atoms with van der Waals surface area (Å²) in [6.45, 7) is 0.404. The molecule has 28 heavy (non-hydrogen) atoms. The molecule has 0 atom stereocenters. The number of rotatable bonds is 4. The molecule has 4 heterocycles. The molecule has 0 aliphatic heterocycles. The number of carbonyl (C=O) groups excluding carboxylic acids is 1. The van der Waals surface area contributed by atoms with Crippen molar-refractivity contribution in [3.8, 4) is 11.1 Å². The lowest BCUT2D eigenvalue weighted by Gasteiger charge is -2.05. The van der Waals surface area contributed by atoms with E-state index in [1.807, 2.05) is 48.7 Å². The number of aromatic amines is 2. The molecule has 3 N–H and O–H groups in total. The molecular formula is C21H16N6O. The van der Waals surface area contributed by atoms with Crippen molar-refractivity contribution in [1.29, 1.82) is 0 Å². The van der Waals surface area contributed by atoms with Gasteiger partial charge in [0.15, 0.2) is 5.69 Å². The maximum atomic E-state index is 12.6. The van der Waals surface area contributed by atoms with Gasteiger partial charge in [0, 0.05) is 42.1 Å². The van der Waals surface area contributed by atoms with Gasteiger partial charge in [0.2, 0.25) is 0 Å². The highest BCUT2D eigenvalue weighted by Crippen LogP contribution is 2.29. The summed E-state index contributed by atoms with van der Waals surface area (Å²) in [5, 5.41) is 11.9. The standard InChI is InChI=1S/C21H16N6O/c28-21(25-12-13-2-1-7-22-11-13)19-17-4-3-14(10-18(17)26-27-19)15-5-8-23-20-16(15)6-9-24-20/h1-11H,12H2,(H,23,24)(H,25,28)(H,26,27). The Labute approximate surface area is 159 Å². The van der Waals surface area contributed by atoms with Gasteiger partial charge >= 0.3 is 0 Å². The van der Waals surface area contributed by atoms with Crippen LogP contribution in [0.4, 0.5) is 0 Å². The van der Waals surface area contributed by atoms with Gasteiger partial charge in [-0.1, -0.05) is 12.1 Å². The van der Waals surface area contributed by atoms with Gasteiger partial charge in [-0.15, -0.1) is 0 Å². The topological polar surface area (TPSA) is 99.3 Å². The second-order valence-corrected chi connectivity index (χ2v) is 6.47. The Morgan fingerprint density at radius 2 is 2.04 bits per heavy atom. The summed E-state index contributed by atoms with van der Waals surface area (Å²) in [4.78, 5) is 24.1. The van der Waals surface area contributed by atoms with Gasteiger partial charge in [-0.3, -0.25) is 14.9 Å². The van der Waals surface area contributed by atoms with E-state index in [4.69, 9.17) is 0 Å². The van der Waals surface area contributed by atoms with Gasteiger partial charge in [0.1, 0.15) is 5.65 Å². The van der Waals surface area contributed by atoms with Gasteiger partial charge < -0.3 is 10.3 Å². The van der Waals surface area contributed by atoms with E-state index in [9.17, 15) is 4.79 Å². The molecule has 0 aliphatic carbocycles. The van der Waals surface area contributed by atoms with Crippen molar-refractivity contribution >= 4 is 27.8 Å². The molecule has 1 amide bonds. The predicted molar refractivity (Wildman–Crippen MR) is 107 cm³/mol. The fraction of sp³-hybridized carbons (Fsp3) is 0.0476. The molecular weight excluding hydrogens is 352 g/mol. The van der Waals surface area contributed by atoms with Gasteiger partial charge in [0.05, 0.1) is 5.52 Å². The van der Waals surface area contributed by atoms with Crippen LogP contribution >= 0.6 is 0 Å². The number of aromatic nitrogens is 5. The van der Waals surface area contributed by atoms with Gasteiger partial charge in [-0.2, -0.15) is 5.10 Å². The minimum absolute atomic E-state index is 0.222. The van der Waals surface area contributed by atoms with Crippen LogP contribution in [-0.4, -0.2) is 31.1 Å². The zero-order valence-electron chi connectivity index (χ0n) is 14.8. The summed E-state index contributed by atoms with van der Waals surface area (Å²) >= 11 is 0. The second-order valence-electron chi connectivity index (χ2n) is 6.47. The lowest BCUT2D eigenvalue weighted by Crippen LogP contribution is -2.23. The van der Waals surface area contributed by atoms with E-state index < -0.39 is 0 Å². The predicted octanol–water partition coefficient (Wildman–Crippen LogP) is 3.43. The molecule has 0 spiro atoms. The van der Waals surface area contributed by atoms with Crippen LogP contribution in [0.2, 0.25) is 0 Å². The molecule has 136 valence electrons. The van der Waals surface area contributed by atoms with Crippen molar-refractivity contribution in [2.45, 2.75) is 6.54 Å². The average molecular weight is 368 g/mol. The summed E-state index contributed by atoms with van der Waals surface area (Å²) in [5.41, 5.74) is 5.08. The van der Waals surface area contributed by atoms with Crippen molar-refractivity contribution in [2.75, 3.05) is 0 Å². The van der Waals surface area contributed by atoms with Crippen LogP contribution in [0.1, 0.15) is 16.1 Å². The van der Waals surface area contributed by atoms with Crippen LogP contribution < -0.4 is 5.32 Å². The number of hydrogen-bond acceptors (Lipinski definition) is 4. The van der Waals surface area contributed by atoms with Crippen molar-refractivity contribution in [2.24, 2.45) is 0 Å². The Balaban J connectivity index is 1.45. The first-order chi connectivity index (χ1) is 13.8. The van der Waals surface area contributed by atoms with E-state index in [0.717, 1.165) is 38.6 Å². The summed E-state index contributed by atoms with van der Waals surface area (Å²) in [6, 6.07) is 13.7. The van der Waals surface area contributed by atoms with Crippen LogP contribution in [0, 0.1) is 0 Å². The number of nitrogens with zero attached hydrogens (tertiary/aromatic N) is 3. The van der Waals surface area contributed by atoms with E-state index in [1.54, 1.807) is 18.6 Å². The van der Waals surface area contributed by atoms with Crippen LogP contribution in [0.5, 0.6) is 0 Å². The third-order valence-electron chi connectivity index (χ3n) is 4.72. The molecule has 0 saturated carbocycles. The first-order valence-corrected chi connectivity index (χ1v) is 8.87. The second kappa shape index (κ2) is 6.62. The third kappa shape index (κ3) is 2.79. The van der Waals surface area contributed by atoms with Crippen LogP contribution in [0.25, 0.3) is 33.1 Å². The van der Waals surface area contributed by atoms with Crippen molar-refractivity contribution < 1.29 is 4.79 Å². The highest BCUT2D eigenvalue weighted by Gasteiger charge is 2.15. The largest absolute Gasteiger partial charge is 0.346 e. The Morgan fingerprint density at radius 3 is 2.93 bits per heavy atom. The van der Waals surface area contributed by atoms with E-state index in [0.29, 0.717) is 12.2 Å². The number of amides is 1. The van der Waals surface area contributed by atoms with E-state index >= 15 is 0 Å². The number of fused-ring (bicyclic) bond motifs is 2. The minimum Gasteiger partial charge on any atom is -0.346 e. The van der Waals surface area contributed by atoms with E-state index in [1.165, 1.54) is 0 Å². The first-order valence-electron chi connectivity index (χ1n) is 8.87. The molecule has 7 nitrogen and oxygen atoms in total. The maximum absolute atomic E-state index is 12.6. The molecule has 0 fully saturated rings. The zero-order chi connectivity index (χ0) is 18.9. The molecule has 7 heteroatoms. The molecule has 0 radical (unpaired) electrons. The minimum atomic E-state index is -0.222. The van der Waals surface area contributed by atoms with Gasteiger partial charge in [0.25, 0.3) is 5.91 Å². The highest BCUT2D eigenvalue weighted by atomic mass is 16.1. The molecule has 1 aromatic carbocycles. The number of H-pyrrole nitrogens is 2. The summed E-state index contributed by atoms with van der Waals surface area (Å²) in [6.07, 6.45) is 7.09. The monoisotopic (exact) mass is 368 g/mol. The zero-order valence-corrected chi connectivity index (χ0v) is 14.8. The quantitative estimate of drug-likeness (QED) is 0.452. The van der Waals surface area contributed by atoms with Crippen molar-refractivity contribution in [3.05, 3.63) is 78.5 Å². The molecule has 0 aliphatic rings. The first kappa shape index (κ1) is 16.2. The Morgan fingerprint density at radius 1 is 1.07 bits per heavy atom. The number of nitrogens with one attached hydrogen (secondary N) is 3. The fourth-order valence-electron chi connectivity index (χ4n) is 3.34. The smallest absolute Gasteiger partial charge is 0.272 e. The molecule has 4 aromatic heterocycles. The summed E-state index contributed by atoms with van der Waals surface area (Å²) < 4.78 is 0. The Bertz CT molecular complexity index is 1290. The molecule has 5 aromatic rings. The summed E-state index contributed by atoms with van der Waals surface area (Å²) in [5.74, 6) is -0.222. The number of carbonyl (C=O) groups is 1. The Kier molecular flexibility index (Phi) is 3.83. The van der Waals surface area contributed by atoms with Gasteiger partial charge in [-0.25, -0.2) is 4.98 Å². The Hall–Kier alpha value is -4.00. The third-order valence-corrected chi connectivity index (χ3v) is 4.72.